The Morgan fingerprint density at radius 2 is 1.93 bits per heavy atom. The first-order valence-corrected chi connectivity index (χ1v) is 9.65. The van der Waals surface area contributed by atoms with E-state index in [0.29, 0.717) is 30.5 Å². The van der Waals surface area contributed by atoms with Gasteiger partial charge in [0, 0.05) is 31.4 Å². The molecule has 0 spiro atoms. The zero-order chi connectivity index (χ0) is 19.5. The minimum Gasteiger partial charge on any atom is -0.493 e. The lowest BCUT2D eigenvalue weighted by Crippen LogP contribution is -2.31. The first-order chi connectivity index (χ1) is 13.2. The molecule has 0 atom stereocenters. The molecule has 0 aliphatic heterocycles. The normalized spacial score (nSPS) is 10.6. The molecule has 1 aromatic carbocycles. The summed E-state index contributed by atoms with van der Waals surface area (Å²) in [5.74, 6) is 1.96. The van der Waals surface area contributed by atoms with E-state index in [4.69, 9.17) is 9.47 Å². The molecular weight excluding hydrogens is 491 g/mol. The van der Waals surface area contributed by atoms with Crippen molar-refractivity contribution < 1.29 is 14.3 Å². The molecule has 0 aliphatic carbocycles. The summed E-state index contributed by atoms with van der Waals surface area (Å²) in [6.07, 6.45) is 0.750. The molecular formula is C19H27IN4O3S. The number of amides is 1. The van der Waals surface area contributed by atoms with Crippen molar-refractivity contribution >= 4 is 52.9 Å². The largest absolute Gasteiger partial charge is 0.493 e. The van der Waals surface area contributed by atoms with Crippen molar-refractivity contribution in [1.82, 2.24) is 10.6 Å². The van der Waals surface area contributed by atoms with Crippen LogP contribution in [0.1, 0.15) is 23.0 Å². The minimum absolute atomic E-state index is 0. The SMILES string of the molecule is CCNC(=NCCCNC(=O)c1cccs1)Nc1ccc(OC)c(OC)c1.I. The highest BCUT2D eigenvalue weighted by molar-refractivity contribution is 14.0. The van der Waals surface area contributed by atoms with Crippen LogP contribution < -0.4 is 25.4 Å². The first kappa shape index (κ1) is 24.0. The number of thiophene rings is 1. The van der Waals surface area contributed by atoms with Crippen LogP contribution in [0, 0.1) is 0 Å². The Hall–Kier alpha value is -2.01. The molecule has 0 saturated heterocycles. The highest BCUT2D eigenvalue weighted by Crippen LogP contribution is 2.29. The molecule has 0 radical (unpaired) electrons. The Balaban J connectivity index is 0.00000392. The van der Waals surface area contributed by atoms with Gasteiger partial charge in [0.2, 0.25) is 0 Å². The highest BCUT2D eigenvalue weighted by Gasteiger charge is 2.07. The second-order valence-electron chi connectivity index (χ2n) is 5.54. The molecule has 1 heterocycles. The quantitative estimate of drug-likeness (QED) is 0.205. The second kappa shape index (κ2) is 13.2. The van der Waals surface area contributed by atoms with Gasteiger partial charge in [-0.2, -0.15) is 0 Å². The van der Waals surface area contributed by atoms with E-state index in [1.54, 1.807) is 14.2 Å². The first-order valence-electron chi connectivity index (χ1n) is 8.77. The number of carbonyl (C=O) groups excluding carboxylic acids is 1. The third-order valence-corrected chi connectivity index (χ3v) is 4.49. The maximum Gasteiger partial charge on any atom is 0.261 e. The Bertz CT molecular complexity index is 754. The number of carbonyl (C=O) groups is 1. The van der Waals surface area contributed by atoms with Crippen LogP contribution in [0.4, 0.5) is 5.69 Å². The third-order valence-electron chi connectivity index (χ3n) is 3.63. The van der Waals surface area contributed by atoms with Crippen molar-refractivity contribution in [3.05, 3.63) is 40.6 Å². The summed E-state index contributed by atoms with van der Waals surface area (Å²) in [5, 5.41) is 11.2. The molecule has 0 bridgehead atoms. The van der Waals surface area contributed by atoms with Gasteiger partial charge in [-0.3, -0.25) is 9.79 Å². The summed E-state index contributed by atoms with van der Waals surface area (Å²) in [7, 11) is 3.21. The van der Waals surface area contributed by atoms with E-state index in [1.165, 1.54) is 11.3 Å². The molecule has 9 heteroatoms. The predicted octanol–water partition coefficient (Wildman–Crippen LogP) is 3.58. The zero-order valence-corrected chi connectivity index (χ0v) is 19.4. The van der Waals surface area contributed by atoms with E-state index in [1.807, 2.05) is 42.6 Å². The van der Waals surface area contributed by atoms with E-state index in [9.17, 15) is 4.79 Å². The number of rotatable bonds is 9. The Labute approximate surface area is 186 Å². The van der Waals surface area contributed by atoms with Crippen molar-refractivity contribution in [2.45, 2.75) is 13.3 Å². The predicted molar refractivity (Wildman–Crippen MR) is 126 cm³/mol. The Morgan fingerprint density at radius 1 is 1.14 bits per heavy atom. The molecule has 7 nitrogen and oxygen atoms in total. The molecule has 154 valence electrons. The maximum absolute atomic E-state index is 11.9. The number of aliphatic imine (C=N–C) groups is 1. The van der Waals surface area contributed by atoms with E-state index in [0.717, 1.165) is 23.5 Å². The average Bonchev–Trinajstić information content (AvgIpc) is 3.22. The van der Waals surface area contributed by atoms with Crippen LogP contribution in [0.2, 0.25) is 0 Å². The molecule has 0 unspecified atom stereocenters. The van der Waals surface area contributed by atoms with Crippen molar-refractivity contribution in [3.63, 3.8) is 0 Å². The number of hydrogen-bond acceptors (Lipinski definition) is 5. The minimum atomic E-state index is -0.0376. The van der Waals surface area contributed by atoms with Crippen LogP contribution in [0.25, 0.3) is 0 Å². The summed E-state index contributed by atoms with van der Waals surface area (Å²) in [5.41, 5.74) is 0.846. The van der Waals surface area contributed by atoms with Gasteiger partial charge >= 0.3 is 0 Å². The lowest BCUT2D eigenvalue weighted by Gasteiger charge is -2.14. The summed E-state index contributed by atoms with van der Waals surface area (Å²) < 4.78 is 10.6. The van der Waals surface area contributed by atoms with E-state index >= 15 is 0 Å². The number of anilines is 1. The van der Waals surface area contributed by atoms with E-state index in [2.05, 4.69) is 20.9 Å². The van der Waals surface area contributed by atoms with Crippen molar-refractivity contribution in [2.24, 2.45) is 4.99 Å². The van der Waals surface area contributed by atoms with Gasteiger partial charge in [0.15, 0.2) is 17.5 Å². The summed E-state index contributed by atoms with van der Waals surface area (Å²) in [6.45, 7) is 3.92. The number of ether oxygens (including phenoxy) is 2. The molecule has 1 amide bonds. The van der Waals surface area contributed by atoms with Gasteiger partial charge < -0.3 is 25.4 Å². The third kappa shape index (κ3) is 7.55. The number of methoxy groups -OCH3 is 2. The molecule has 0 fully saturated rings. The van der Waals surface area contributed by atoms with Crippen LogP contribution in [0.5, 0.6) is 11.5 Å². The van der Waals surface area contributed by atoms with E-state index < -0.39 is 0 Å². The van der Waals surface area contributed by atoms with Crippen LogP contribution in [-0.2, 0) is 0 Å². The smallest absolute Gasteiger partial charge is 0.261 e. The number of halogens is 1. The van der Waals surface area contributed by atoms with Gasteiger partial charge in [-0.25, -0.2) is 0 Å². The fourth-order valence-corrected chi connectivity index (χ4v) is 2.96. The van der Waals surface area contributed by atoms with Crippen LogP contribution in [0.3, 0.4) is 0 Å². The fraction of sp³-hybridized carbons (Fsp3) is 0.368. The highest BCUT2D eigenvalue weighted by atomic mass is 127. The molecule has 28 heavy (non-hydrogen) atoms. The lowest BCUT2D eigenvalue weighted by molar-refractivity contribution is 0.0957. The Kier molecular flexibility index (Phi) is 11.3. The summed E-state index contributed by atoms with van der Waals surface area (Å²) in [6, 6.07) is 9.27. The number of hydrogen-bond donors (Lipinski definition) is 3. The Morgan fingerprint density at radius 3 is 2.57 bits per heavy atom. The van der Waals surface area contributed by atoms with Crippen molar-refractivity contribution in [3.8, 4) is 11.5 Å². The van der Waals surface area contributed by atoms with Gasteiger partial charge in [-0.1, -0.05) is 6.07 Å². The van der Waals surface area contributed by atoms with Gasteiger partial charge in [-0.05, 0) is 36.9 Å². The average molecular weight is 518 g/mol. The maximum atomic E-state index is 11.9. The molecule has 2 rings (SSSR count). The van der Waals surface area contributed by atoms with Gasteiger partial charge in [0.25, 0.3) is 5.91 Å². The van der Waals surface area contributed by atoms with Gasteiger partial charge in [0.1, 0.15) is 0 Å². The van der Waals surface area contributed by atoms with Gasteiger partial charge in [0.05, 0.1) is 19.1 Å². The number of benzene rings is 1. The van der Waals surface area contributed by atoms with E-state index in [-0.39, 0.29) is 29.9 Å². The topological polar surface area (TPSA) is 84.0 Å². The summed E-state index contributed by atoms with van der Waals surface area (Å²) >= 11 is 1.43. The standard InChI is InChI=1S/C19H26N4O3S.HI/c1-4-20-19(23-14-8-9-15(25-2)16(13-14)26-3)22-11-6-10-21-18(24)17-7-5-12-27-17;/h5,7-9,12-13H,4,6,10-11H2,1-3H3,(H,21,24)(H2,20,22,23);1H. The number of guanidine groups is 1. The van der Waals surface area contributed by atoms with Crippen molar-refractivity contribution in [1.29, 1.82) is 0 Å². The molecule has 2 aromatic rings. The van der Waals surface area contributed by atoms with Crippen molar-refractivity contribution in [2.75, 3.05) is 39.2 Å². The second-order valence-corrected chi connectivity index (χ2v) is 6.49. The number of nitrogens with one attached hydrogen (secondary N) is 3. The molecule has 1 aromatic heterocycles. The molecule has 0 aliphatic rings. The molecule has 3 N–H and O–H groups in total. The number of nitrogens with zero attached hydrogens (tertiary/aromatic N) is 1. The summed E-state index contributed by atoms with van der Waals surface area (Å²) in [4.78, 5) is 17.1. The van der Waals surface area contributed by atoms with Crippen LogP contribution in [0.15, 0.2) is 40.7 Å². The van der Waals surface area contributed by atoms with Crippen LogP contribution >= 0.6 is 35.3 Å². The lowest BCUT2D eigenvalue weighted by atomic mass is 10.3. The van der Waals surface area contributed by atoms with Crippen LogP contribution in [-0.4, -0.2) is 45.7 Å². The zero-order valence-electron chi connectivity index (χ0n) is 16.3. The van der Waals surface area contributed by atoms with Gasteiger partial charge in [-0.15, -0.1) is 35.3 Å². The molecule has 0 saturated carbocycles. The fourth-order valence-electron chi connectivity index (χ4n) is 2.32. The monoisotopic (exact) mass is 518 g/mol.